The molecule has 3 heteroatoms. The van der Waals surface area contributed by atoms with E-state index >= 15 is 0 Å². The summed E-state index contributed by atoms with van der Waals surface area (Å²) in [5.41, 5.74) is 0.270. The van der Waals surface area contributed by atoms with Crippen molar-refractivity contribution >= 4 is 5.78 Å². The molecule has 76 valence electrons. The molecule has 1 aromatic rings. The van der Waals surface area contributed by atoms with Crippen molar-refractivity contribution in [2.75, 3.05) is 0 Å². The Morgan fingerprint density at radius 3 is 2.71 bits per heavy atom. The van der Waals surface area contributed by atoms with E-state index in [1.807, 2.05) is 0 Å². The van der Waals surface area contributed by atoms with Gasteiger partial charge in [-0.2, -0.15) is 0 Å². The molecule has 0 atom stereocenters. The predicted molar refractivity (Wildman–Crippen MR) is 50.0 cm³/mol. The van der Waals surface area contributed by atoms with Crippen LogP contribution in [0.3, 0.4) is 0 Å². The molecule has 1 aromatic carbocycles. The second-order valence-electron chi connectivity index (χ2n) is 3.11. The van der Waals surface area contributed by atoms with Gasteiger partial charge in [-0.3, -0.25) is 4.79 Å². The topological polar surface area (TPSA) is 17.1 Å². The first-order valence-electron chi connectivity index (χ1n) is 4.59. The molecule has 1 rings (SSSR count). The first-order chi connectivity index (χ1) is 6.65. The van der Waals surface area contributed by atoms with Crippen molar-refractivity contribution in [1.29, 1.82) is 0 Å². The van der Waals surface area contributed by atoms with Gasteiger partial charge in [0.05, 0.1) is 0 Å². The molecule has 0 aliphatic heterocycles. The summed E-state index contributed by atoms with van der Waals surface area (Å²) in [5, 5.41) is 0. The van der Waals surface area contributed by atoms with Crippen LogP contribution in [0.15, 0.2) is 18.2 Å². The van der Waals surface area contributed by atoms with Gasteiger partial charge in [0, 0.05) is 12.8 Å². The number of rotatable bonds is 4. The van der Waals surface area contributed by atoms with Crippen molar-refractivity contribution in [3.8, 4) is 0 Å². The van der Waals surface area contributed by atoms with Gasteiger partial charge in [0.1, 0.15) is 5.78 Å². The van der Waals surface area contributed by atoms with Crippen LogP contribution in [-0.4, -0.2) is 5.78 Å². The van der Waals surface area contributed by atoms with Gasteiger partial charge in [-0.05, 0) is 18.1 Å². The lowest BCUT2D eigenvalue weighted by molar-refractivity contribution is -0.118. The zero-order valence-corrected chi connectivity index (χ0v) is 8.02. The molecular formula is C11H12F2O. The average molecular weight is 198 g/mol. The van der Waals surface area contributed by atoms with Crippen molar-refractivity contribution < 1.29 is 13.6 Å². The summed E-state index contributed by atoms with van der Waals surface area (Å²) in [6.07, 6.45) is 0.990. The molecule has 0 radical (unpaired) electrons. The second-order valence-corrected chi connectivity index (χ2v) is 3.11. The van der Waals surface area contributed by atoms with Gasteiger partial charge >= 0.3 is 0 Å². The highest BCUT2D eigenvalue weighted by Gasteiger charge is 2.08. The van der Waals surface area contributed by atoms with Crippen molar-refractivity contribution in [2.24, 2.45) is 0 Å². The number of carbonyl (C=O) groups is 1. The summed E-state index contributed by atoms with van der Waals surface area (Å²) in [6.45, 7) is 1.75. The summed E-state index contributed by atoms with van der Waals surface area (Å²) in [5.74, 6) is -1.63. The molecule has 0 heterocycles. The van der Waals surface area contributed by atoms with E-state index in [0.717, 1.165) is 6.07 Å². The van der Waals surface area contributed by atoms with Gasteiger partial charge in [0.15, 0.2) is 11.6 Å². The minimum Gasteiger partial charge on any atom is -0.300 e. The number of hydrogen-bond donors (Lipinski definition) is 0. The van der Waals surface area contributed by atoms with Crippen LogP contribution >= 0.6 is 0 Å². The smallest absolute Gasteiger partial charge is 0.162 e. The Bertz CT molecular complexity index is 334. The summed E-state index contributed by atoms with van der Waals surface area (Å²) in [6, 6.07) is 4.02. The third-order valence-corrected chi connectivity index (χ3v) is 2.10. The largest absolute Gasteiger partial charge is 0.300 e. The minimum atomic E-state index is -0.855. The monoisotopic (exact) mass is 198 g/mol. The minimum absolute atomic E-state index is 0.0636. The zero-order chi connectivity index (χ0) is 10.6. The quantitative estimate of drug-likeness (QED) is 0.727. The molecule has 0 spiro atoms. The number of benzene rings is 1. The Kier molecular flexibility index (Phi) is 3.74. The molecule has 0 bridgehead atoms. The lowest BCUT2D eigenvalue weighted by Crippen LogP contribution is -2.00. The summed E-state index contributed by atoms with van der Waals surface area (Å²) < 4.78 is 25.8. The molecule has 1 nitrogen and oxygen atoms in total. The van der Waals surface area contributed by atoms with Crippen molar-refractivity contribution in [2.45, 2.75) is 26.2 Å². The van der Waals surface area contributed by atoms with Gasteiger partial charge in [0.25, 0.3) is 0 Å². The van der Waals surface area contributed by atoms with Crippen LogP contribution in [0.4, 0.5) is 8.78 Å². The number of Topliss-reactive ketones (excluding diaryl/α,β-unsaturated/α-hetero) is 1. The molecule has 0 N–H and O–H groups in total. The first-order valence-corrected chi connectivity index (χ1v) is 4.59. The molecule has 0 unspecified atom stereocenters. The molecule has 14 heavy (non-hydrogen) atoms. The highest BCUT2D eigenvalue weighted by molar-refractivity contribution is 5.78. The van der Waals surface area contributed by atoms with Crippen LogP contribution in [0.2, 0.25) is 0 Å². The van der Waals surface area contributed by atoms with Gasteiger partial charge in [0.2, 0.25) is 0 Å². The fourth-order valence-electron chi connectivity index (χ4n) is 1.19. The number of hydrogen-bond acceptors (Lipinski definition) is 1. The molecule has 0 saturated carbocycles. The highest BCUT2D eigenvalue weighted by Crippen LogP contribution is 2.13. The number of ketones is 1. The van der Waals surface area contributed by atoms with Crippen molar-refractivity contribution in [3.05, 3.63) is 35.4 Å². The Labute approximate surface area is 81.7 Å². The van der Waals surface area contributed by atoms with Crippen LogP contribution in [0.25, 0.3) is 0 Å². The van der Waals surface area contributed by atoms with E-state index in [4.69, 9.17) is 0 Å². The second kappa shape index (κ2) is 4.84. The summed E-state index contributed by atoms with van der Waals surface area (Å²) in [7, 11) is 0. The maximum absolute atomic E-state index is 13.1. The van der Waals surface area contributed by atoms with Gasteiger partial charge in [-0.1, -0.05) is 19.1 Å². The molecule has 0 fully saturated rings. The Hall–Kier alpha value is -1.25. The molecule has 0 aromatic heterocycles. The fraction of sp³-hybridized carbons (Fsp3) is 0.364. The zero-order valence-electron chi connectivity index (χ0n) is 8.02. The van der Waals surface area contributed by atoms with Crippen molar-refractivity contribution in [3.63, 3.8) is 0 Å². The van der Waals surface area contributed by atoms with Gasteiger partial charge in [-0.25, -0.2) is 8.78 Å². The number of halogens is 2. The molecule has 0 aliphatic rings. The number of aryl methyl sites for hydroxylation is 1. The normalized spacial score (nSPS) is 10.2. The number of carbonyl (C=O) groups excluding carboxylic acids is 1. The van der Waals surface area contributed by atoms with E-state index in [-0.39, 0.29) is 24.2 Å². The van der Waals surface area contributed by atoms with Gasteiger partial charge < -0.3 is 0 Å². The lowest BCUT2D eigenvalue weighted by atomic mass is 10.1. The maximum atomic E-state index is 13.1. The van der Waals surface area contributed by atoms with Crippen LogP contribution in [0.5, 0.6) is 0 Å². The first kappa shape index (κ1) is 10.8. The van der Waals surface area contributed by atoms with E-state index in [1.165, 1.54) is 12.1 Å². The van der Waals surface area contributed by atoms with Crippen LogP contribution in [-0.2, 0) is 11.2 Å². The summed E-state index contributed by atoms with van der Waals surface area (Å²) in [4.78, 5) is 11.0. The van der Waals surface area contributed by atoms with E-state index in [1.54, 1.807) is 6.92 Å². The SMILES string of the molecule is CCC(=O)CCc1cccc(F)c1F. The Morgan fingerprint density at radius 2 is 2.07 bits per heavy atom. The Balaban J connectivity index is 2.68. The molecular weight excluding hydrogens is 186 g/mol. The predicted octanol–water partition coefficient (Wildman–Crippen LogP) is 2.88. The van der Waals surface area contributed by atoms with Crippen LogP contribution < -0.4 is 0 Å². The van der Waals surface area contributed by atoms with E-state index in [0.29, 0.717) is 6.42 Å². The standard InChI is InChI=1S/C11H12F2O/c1-2-9(14)7-6-8-4-3-5-10(12)11(8)13/h3-5H,2,6-7H2,1H3. The fourth-order valence-corrected chi connectivity index (χ4v) is 1.19. The lowest BCUT2D eigenvalue weighted by Gasteiger charge is -2.02. The van der Waals surface area contributed by atoms with E-state index in [9.17, 15) is 13.6 Å². The molecule has 0 saturated heterocycles. The van der Waals surface area contributed by atoms with Crippen molar-refractivity contribution in [1.82, 2.24) is 0 Å². The Morgan fingerprint density at radius 1 is 1.36 bits per heavy atom. The van der Waals surface area contributed by atoms with E-state index in [2.05, 4.69) is 0 Å². The molecule has 0 amide bonds. The molecule has 0 aliphatic carbocycles. The highest BCUT2D eigenvalue weighted by atomic mass is 19.2. The van der Waals surface area contributed by atoms with Gasteiger partial charge in [-0.15, -0.1) is 0 Å². The third-order valence-electron chi connectivity index (χ3n) is 2.10. The average Bonchev–Trinajstić information content (AvgIpc) is 2.20. The van der Waals surface area contributed by atoms with Crippen LogP contribution in [0, 0.1) is 11.6 Å². The summed E-state index contributed by atoms with van der Waals surface area (Å²) >= 11 is 0. The van der Waals surface area contributed by atoms with E-state index < -0.39 is 11.6 Å². The van der Waals surface area contributed by atoms with Crippen LogP contribution in [0.1, 0.15) is 25.3 Å². The third kappa shape index (κ3) is 2.62. The maximum Gasteiger partial charge on any atom is 0.162 e.